The van der Waals surface area contributed by atoms with E-state index in [4.69, 9.17) is 11.6 Å². The van der Waals surface area contributed by atoms with E-state index in [0.29, 0.717) is 24.0 Å². The lowest BCUT2D eigenvalue weighted by atomic mass is 10.2. The molecule has 0 fully saturated rings. The Bertz CT molecular complexity index is 586. The second-order valence-electron chi connectivity index (χ2n) is 5.54. The summed E-state index contributed by atoms with van der Waals surface area (Å²) in [7, 11) is 0. The van der Waals surface area contributed by atoms with Crippen molar-refractivity contribution in [3.63, 3.8) is 0 Å². The summed E-state index contributed by atoms with van der Waals surface area (Å²) in [5, 5.41) is 12.9. The maximum absolute atomic E-state index is 6.31. The van der Waals surface area contributed by atoms with Gasteiger partial charge in [0.1, 0.15) is 6.33 Å². The van der Waals surface area contributed by atoms with Gasteiger partial charge in [0, 0.05) is 6.54 Å². The third kappa shape index (κ3) is 4.04. The summed E-state index contributed by atoms with van der Waals surface area (Å²) in [5.41, 5.74) is 1.83. The van der Waals surface area contributed by atoms with Crippen molar-refractivity contribution in [1.82, 2.24) is 29.9 Å². The molecular weight excluding hydrogens is 288 g/mol. The van der Waals surface area contributed by atoms with E-state index in [1.165, 1.54) is 0 Å². The minimum absolute atomic E-state index is 0.588. The van der Waals surface area contributed by atoms with Crippen LogP contribution < -0.4 is 5.32 Å². The lowest BCUT2D eigenvalue weighted by Crippen LogP contribution is -2.20. The molecule has 0 aliphatic heterocycles. The highest BCUT2D eigenvalue weighted by Gasteiger charge is 2.13. The van der Waals surface area contributed by atoms with E-state index >= 15 is 0 Å². The quantitative estimate of drug-likeness (QED) is 0.852. The average molecular weight is 311 g/mol. The number of hydrogen-bond donors (Lipinski definition) is 1. The lowest BCUT2D eigenvalue weighted by Gasteiger charge is -2.05. The highest BCUT2D eigenvalue weighted by Crippen LogP contribution is 2.20. The smallest absolute Gasteiger partial charge is 0.164 e. The molecule has 0 aliphatic rings. The second kappa shape index (κ2) is 7.04. The van der Waals surface area contributed by atoms with Crippen LogP contribution in [0.5, 0.6) is 0 Å². The summed E-state index contributed by atoms with van der Waals surface area (Å²) < 4.78 is 3.72. The van der Waals surface area contributed by atoms with Crippen molar-refractivity contribution in [2.45, 2.75) is 47.3 Å². The van der Waals surface area contributed by atoms with Crippen LogP contribution in [0.4, 0.5) is 0 Å². The lowest BCUT2D eigenvalue weighted by molar-refractivity contribution is 0.536. The molecule has 0 aliphatic carbocycles. The molecule has 0 bridgehead atoms. The van der Waals surface area contributed by atoms with Gasteiger partial charge in [0.25, 0.3) is 0 Å². The van der Waals surface area contributed by atoms with E-state index in [9.17, 15) is 0 Å². The molecule has 2 aromatic heterocycles. The van der Waals surface area contributed by atoms with Gasteiger partial charge in [-0.15, -0.1) is 0 Å². The molecule has 7 heteroatoms. The summed E-state index contributed by atoms with van der Waals surface area (Å²) in [5.74, 6) is 1.42. The zero-order valence-corrected chi connectivity index (χ0v) is 13.9. The van der Waals surface area contributed by atoms with Crippen LogP contribution in [-0.4, -0.2) is 31.1 Å². The Kier molecular flexibility index (Phi) is 5.36. The molecular formula is C14H23ClN6. The van der Waals surface area contributed by atoms with Gasteiger partial charge in [0.05, 0.1) is 29.5 Å². The average Bonchev–Trinajstić information content (AvgIpc) is 2.98. The first-order valence-corrected chi connectivity index (χ1v) is 7.69. The Morgan fingerprint density at radius 1 is 1.33 bits per heavy atom. The molecule has 0 radical (unpaired) electrons. The van der Waals surface area contributed by atoms with Gasteiger partial charge in [0.15, 0.2) is 5.82 Å². The van der Waals surface area contributed by atoms with Crippen molar-refractivity contribution in [3.8, 4) is 0 Å². The number of nitrogens with zero attached hydrogens (tertiary/aromatic N) is 5. The maximum atomic E-state index is 6.31. The second-order valence-corrected chi connectivity index (χ2v) is 5.92. The first kappa shape index (κ1) is 16.0. The molecule has 2 aromatic rings. The van der Waals surface area contributed by atoms with E-state index in [1.807, 2.05) is 11.6 Å². The number of halogens is 1. The Balaban J connectivity index is 2.02. The number of aryl methyl sites for hydroxylation is 2. The van der Waals surface area contributed by atoms with Crippen molar-refractivity contribution in [2.75, 3.05) is 6.54 Å². The fourth-order valence-electron chi connectivity index (χ4n) is 2.14. The Hall–Kier alpha value is -1.40. The third-order valence-corrected chi connectivity index (χ3v) is 3.68. The Morgan fingerprint density at radius 3 is 2.76 bits per heavy atom. The molecule has 0 aromatic carbocycles. The Labute approximate surface area is 130 Å². The zero-order valence-electron chi connectivity index (χ0n) is 13.1. The van der Waals surface area contributed by atoms with Gasteiger partial charge in [-0.25, -0.2) is 9.67 Å². The molecule has 21 heavy (non-hydrogen) atoms. The van der Waals surface area contributed by atoms with Crippen LogP contribution in [0.3, 0.4) is 0 Å². The van der Waals surface area contributed by atoms with Crippen molar-refractivity contribution in [2.24, 2.45) is 5.92 Å². The number of rotatable bonds is 7. The summed E-state index contributed by atoms with van der Waals surface area (Å²) in [4.78, 5) is 4.32. The number of nitrogens with one attached hydrogen (secondary N) is 1. The SMILES string of the molecule is CCn1nc(C)c(Cl)c1Cn1cnc(CNCC(C)C)n1. The zero-order chi connectivity index (χ0) is 15.4. The van der Waals surface area contributed by atoms with Crippen LogP contribution in [0.1, 0.15) is 38.0 Å². The van der Waals surface area contributed by atoms with Crippen LogP contribution in [0.2, 0.25) is 5.02 Å². The maximum Gasteiger partial charge on any atom is 0.164 e. The van der Waals surface area contributed by atoms with Gasteiger partial charge in [-0.3, -0.25) is 4.68 Å². The standard InChI is InChI=1S/C14H23ClN6/c1-5-21-12(14(15)11(4)18-21)8-20-9-17-13(19-20)7-16-6-10(2)3/h9-10,16H,5-8H2,1-4H3. The van der Waals surface area contributed by atoms with E-state index < -0.39 is 0 Å². The molecule has 0 amide bonds. The molecule has 6 nitrogen and oxygen atoms in total. The van der Waals surface area contributed by atoms with Crippen molar-refractivity contribution >= 4 is 11.6 Å². The molecule has 0 atom stereocenters. The van der Waals surface area contributed by atoms with Gasteiger partial charge in [-0.05, 0) is 26.3 Å². The summed E-state index contributed by atoms with van der Waals surface area (Å²) in [6.07, 6.45) is 1.74. The monoisotopic (exact) mass is 310 g/mol. The molecule has 0 saturated heterocycles. The first-order valence-electron chi connectivity index (χ1n) is 7.32. The largest absolute Gasteiger partial charge is 0.310 e. The van der Waals surface area contributed by atoms with Crippen LogP contribution >= 0.6 is 11.6 Å². The highest BCUT2D eigenvalue weighted by atomic mass is 35.5. The van der Waals surface area contributed by atoms with E-state index in [2.05, 4.69) is 41.3 Å². The third-order valence-electron chi connectivity index (χ3n) is 3.18. The summed E-state index contributed by atoms with van der Waals surface area (Å²) in [6, 6.07) is 0. The predicted molar refractivity (Wildman–Crippen MR) is 83.3 cm³/mol. The van der Waals surface area contributed by atoms with Gasteiger partial charge in [-0.1, -0.05) is 25.4 Å². The molecule has 116 valence electrons. The van der Waals surface area contributed by atoms with Crippen molar-refractivity contribution in [3.05, 3.63) is 28.6 Å². The van der Waals surface area contributed by atoms with Crippen molar-refractivity contribution < 1.29 is 0 Å². The minimum Gasteiger partial charge on any atom is -0.310 e. The van der Waals surface area contributed by atoms with Gasteiger partial charge >= 0.3 is 0 Å². The van der Waals surface area contributed by atoms with Gasteiger partial charge in [-0.2, -0.15) is 10.2 Å². The normalized spacial score (nSPS) is 11.5. The number of aromatic nitrogens is 5. The molecule has 0 spiro atoms. The van der Waals surface area contributed by atoms with Gasteiger partial charge in [0.2, 0.25) is 0 Å². The van der Waals surface area contributed by atoms with Crippen LogP contribution in [0, 0.1) is 12.8 Å². The van der Waals surface area contributed by atoms with Crippen LogP contribution in [0.25, 0.3) is 0 Å². The fourth-order valence-corrected chi connectivity index (χ4v) is 2.33. The highest BCUT2D eigenvalue weighted by molar-refractivity contribution is 6.31. The van der Waals surface area contributed by atoms with Crippen LogP contribution in [0.15, 0.2) is 6.33 Å². The summed E-state index contributed by atoms with van der Waals surface area (Å²) in [6.45, 7) is 11.3. The topological polar surface area (TPSA) is 60.6 Å². The van der Waals surface area contributed by atoms with Crippen LogP contribution in [-0.2, 0) is 19.6 Å². The van der Waals surface area contributed by atoms with Crippen molar-refractivity contribution in [1.29, 1.82) is 0 Å². The molecule has 0 saturated carbocycles. The fraction of sp³-hybridized carbons (Fsp3) is 0.643. The minimum atomic E-state index is 0.588. The number of hydrogen-bond acceptors (Lipinski definition) is 4. The molecule has 2 heterocycles. The molecule has 2 rings (SSSR count). The molecule has 0 unspecified atom stereocenters. The first-order chi connectivity index (χ1) is 10.0. The van der Waals surface area contributed by atoms with E-state index in [-0.39, 0.29) is 0 Å². The summed E-state index contributed by atoms with van der Waals surface area (Å²) >= 11 is 6.31. The predicted octanol–water partition coefficient (Wildman–Crippen LogP) is 2.25. The van der Waals surface area contributed by atoms with E-state index in [0.717, 1.165) is 30.3 Å². The van der Waals surface area contributed by atoms with Gasteiger partial charge < -0.3 is 5.32 Å². The Morgan fingerprint density at radius 2 is 2.10 bits per heavy atom. The van der Waals surface area contributed by atoms with E-state index in [1.54, 1.807) is 11.0 Å². The molecule has 1 N–H and O–H groups in total.